The summed E-state index contributed by atoms with van der Waals surface area (Å²) in [6.07, 6.45) is 0.111. The number of para-hydroxylation sites is 1. The Morgan fingerprint density at radius 1 is 1.20 bits per heavy atom. The SMILES string of the molecule is CN(c1ccccc1I)c1nc(OC2CCCC2)ncc1C(F)(F)F. The van der Waals surface area contributed by atoms with E-state index in [9.17, 15) is 13.2 Å². The number of hydrogen-bond acceptors (Lipinski definition) is 4. The Kier molecular flexibility index (Phi) is 5.35. The predicted octanol–water partition coefficient (Wildman–Crippen LogP) is 5.19. The van der Waals surface area contributed by atoms with Crippen molar-refractivity contribution in [2.45, 2.75) is 38.0 Å². The molecule has 0 radical (unpaired) electrons. The topological polar surface area (TPSA) is 38.2 Å². The summed E-state index contributed by atoms with van der Waals surface area (Å²) in [6.45, 7) is 0. The molecule has 0 amide bonds. The van der Waals surface area contributed by atoms with Crippen molar-refractivity contribution in [3.8, 4) is 6.01 Å². The molecule has 0 spiro atoms. The Morgan fingerprint density at radius 3 is 2.52 bits per heavy atom. The molecular weight excluding hydrogens is 446 g/mol. The second-order valence-electron chi connectivity index (χ2n) is 5.92. The van der Waals surface area contributed by atoms with Crippen molar-refractivity contribution >= 4 is 34.1 Å². The summed E-state index contributed by atoms with van der Waals surface area (Å²) in [5.41, 5.74) is -0.243. The first-order valence-corrected chi connectivity index (χ1v) is 9.03. The lowest BCUT2D eigenvalue weighted by atomic mass is 10.2. The maximum atomic E-state index is 13.4. The number of alkyl halides is 3. The molecule has 3 rings (SSSR count). The molecule has 134 valence electrons. The van der Waals surface area contributed by atoms with Gasteiger partial charge in [0.15, 0.2) is 5.82 Å². The van der Waals surface area contributed by atoms with Crippen LogP contribution in [0.4, 0.5) is 24.7 Å². The molecule has 0 bridgehead atoms. The Bertz CT molecular complexity index is 748. The van der Waals surface area contributed by atoms with E-state index in [2.05, 4.69) is 32.6 Å². The van der Waals surface area contributed by atoms with E-state index in [0.717, 1.165) is 35.5 Å². The molecule has 8 heteroatoms. The fourth-order valence-electron chi connectivity index (χ4n) is 2.86. The molecule has 2 aromatic rings. The van der Waals surface area contributed by atoms with E-state index < -0.39 is 11.7 Å². The Balaban J connectivity index is 2.00. The van der Waals surface area contributed by atoms with Crippen molar-refractivity contribution in [3.05, 3.63) is 39.6 Å². The van der Waals surface area contributed by atoms with Gasteiger partial charge in [-0.25, -0.2) is 4.98 Å². The third-order valence-electron chi connectivity index (χ3n) is 4.16. The van der Waals surface area contributed by atoms with E-state index in [0.29, 0.717) is 5.69 Å². The molecule has 1 aliphatic rings. The molecule has 0 N–H and O–H groups in total. The van der Waals surface area contributed by atoms with Crippen LogP contribution in [0.3, 0.4) is 0 Å². The molecule has 0 saturated heterocycles. The lowest BCUT2D eigenvalue weighted by molar-refractivity contribution is -0.137. The van der Waals surface area contributed by atoms with Crippen molar-refractivity contribution in [1.29, 1.82) is 0 Å². The second kappa shape index (κ2) is 7.35. The summed E-state index contributed by atoms with van der Waals surface area (Å²) in [7, 11) is 1.56. The van der Waals surface area contributed by atoms with Gasteiger partial charge in [-0.1, -0.05) is 12.1 Å². The third-order valence-corrected chi connectivity index (χ3v) is 5.07. The molecule has 1 saturated carbocycles. The maximum Gasteiger partial charge on any atom is 0.421 e. The van der Waals surface area contributed by atoms with Crippen LogP contribution in [-0.2, 0) is 6.18 Å². The summed E-state index contributed by atoms with van der Waals surface area (Å²) in [5.74, 6) is -0.209. The van der Waals surface area contributed by atoms with Gasteiger partial charge in [0.2, 0.25) is 0 Å². The van der Waals surface area contributed by atoms with Crippen molar-refractivity contribution in [3.63, 3.8) is 0 Å². The van der Waals surface area contributed by atoms with Crippen molar-refractivity contribution in [1.82, 2.24) is 9.97 Å². The van der Waals surface area contributed by atoms with Gasteiger partial charge in [-0.15, -0.1) is 0 Å². The molecule has 0 unspecified atom stereocenters. The van der Waals surface area contributed by atoms with Gasteiger partial charge in [0, 0.05) is 16.8 Å². The van der Waals surface area contributed by atoms with Crippen molar-refractivity contribution in [2.24, 2.45) is 0 Å². The van der Waals surface area contributed by atoms with Gasteiger partial charge in [0.25, 0.3) is 0 Å². The van der Waals surface area contributed by atoms with Crippen LogP contribution in [-0.4, -0.2) is 23.1 Å². The fraction of sp³-hybridized carbons (Fsp3) is 0.412. The van der Waals surface area contributed by atoms with Crippen LogP contribution < -0.4 is 9.64 Å². The highest BCUT2D eigenvalue weighted by atomic mass is 127. The highest BCUT2D eigenvalue weighted by molar-refractivity contribution is 14.1. The molecule has 1 aromatic carbocycles. The molecule has 1 heterocycles. The van der Waals surface area contributed by atoms with Crippen LogP contribution in [0.2, 0.25) is 0 Å². The lowest BCUT2D eigenvalue weighted by Gasteiger charge is -2.24. The van der Waals surface area contributed by atoms with Crippen LogP contribution in [0.1, 0.15) is 31.2 Å². The van der Waals surface area contributed by atoms with E-state index in [1.165, 1.54) is 4.90 Å². The van der Waals surface area contributed by atoms with Crippen LogP contribution >= 0.6 is 22.6 Å². The van der Waals surface area contributed by atoms with E-state index in [-0.39, 0.29) is 17.9 Å². The lowest BCUT2D eigenvalue weighted by Crippen LogP contribution is -2.21. The van der Waals surface area contributed by atoms with Crippen LogP contribution in [0, 0.1) is 3.57 Å². The first kappa shape index (κ1) is 18.2. The monoisotopic (exact) mass is 463 g/mol. The van der Waals surface area contributed by atoms with Crippen LogP contribution in [0.15, 0.2) is 30.5 Å². The number of hydrogen-bond donors (Lipinski definition) is 0. The average molecular weight is 463 g/mol. The first-order valence-electron chi connectivity index (χ1n) is 7.95. The average Bonchev–Trinajstić information content (AvgIpc) is 3.06. The van der Waals surface area contributed by atoms with E-state index >= 15 is 0 Å². The summed E-state index contributed by atoms with van der Waals surface area (Å²) < 4.78 is 46.7. The minimum absolute atomic E-state index is 0.00677. The number of anilines is 2. The Labute approximate surface area is 157 Å². The van der Waals surface area contributed by atoms with Gasteiger partial charge in [-0.2, -0.15) is 18.2 Å². The minimum Gasteiger partial charge on any atom is -0.460 e. The minimum atomic E-state index is -4.55. The van der Waals surface area contributed by atoms with Gasteiger partial charge in [0.05, 0.1) is 5.69 Å². The Hall–Kier alpha value is -1.58. The zero-order valence-electron chi connectivity index (χ0n) is 13.6. The molecule has 1 aliphatic carbocycles. The van der Waals surface area contributed by atoms with E-state index in [1.807, 2.05) is 12.1 Å². The summed E-state index contributed by atoms with van der Waals surface area (Å²) in [4.78, 5) is 9.30. The molecule has 1 aromatic heterocycles. The molecule has 0 atom stereocenters. The zero-order valence-corrected chi connectivity index (χ0v) is 15.7. The quantitative estimate of drug-likeness (QED) is 0.586. The standard InChI is InChI=1S/C17H17F3IN3O/c1-24(14-9-5-4-8-13(14)21)15-12(17(18,19)20)10-22-16(23-15)25-11-6-2-3-7-11/h4-5,8-11H,2-3,6-7H2,1H3. The molecular formula is C17H17F3IN3O. The smallest absolute Gasteiger partial charge is 0.421 e. The summed E-state index contributed by atoms with van der Waals surface area (Å²) >= 11 is 2.09. The normalized spacial score (nSPS) is 15.4. The highest BCUT2D eigenvalue weighted by Gasteiger charge is 2.37. The number of ether oxygens (including phenoxy) is 1. The number of halogens is 4. The zero-order chi connectivity index (χ0) is 18.0. The van der Waals surface area contributed by atoms with Gasteiger partial charge < -0.3 is 9.64 Å². The Morgan fingerprint density at radius 2 is 1.88 bits per heavy atom. The molecule has 4 nitrogen and oxygen atoms in total. The summed E-state index contributed by atoms with van der Waals surface area (Å²) in [6, 6.07) is 7.18. The molecule has 1 fully saturated rings. The number of benzene rings is 1. The van der Waals surface area contributed by atoms with E-state index in [1.54, 1.807) is 19.2 Å². The summed E-state index contributed by atoms with van der Waals surface area (Å²) in [5, 5.41) is 0. The number of aromatic nitrogens is 2. The molecule has 0 aliphatic heterocycles. The fourth-order valence-corrected chi connectivity index (χ4v) is 3.61. The number of rotatable bonds is 4. The number of nitrogens with zero attached hydrogens (tertiary/aromatic N) is 3. The van der Waals surface area contributed by atoms with Crippen molar-refractivity contribution < 1.29 is 17.9 Å². The van der Waals surface area contributed by atoms with Gasteiger partial charge in [-0.05, 0) is 60.4 Å². The van der Waals surface area contributed by atoms with Gasteiger partial charge in [-0.3, -0.25) is 0 Å². The van der Waals surface area contributed by atoms with Crippen LogP contribution in [0.25, 0.3) is 0 Å². The van der Waals surface area contributed by atoms with E-state index in [4.69, 9.17) is 4.74 Å². The third kappa shape index (κ3) is 4.16. The second-order valence-corrected chi connectivity index (χ2v) is 7.08. The van der Waals surface area contributed by atoms with Crippen LogP contribution in [0.5, 0.6) is 6.01 Å². The van der Waals surface area contributed by atoms with Gasteiger partial charge >= 0.3 is 12.2 Å². The van der Waals surface area contributed by atoms with Crippen molar-refractivity contribution in [2.75, 3.05) is 11.9 Å². The molecule has 25 heavy (non-hydrogen) atoms. The maximum absolute atomic E-state index is 13.4. The largest absolute Gasteiger partial charge is 0.460 e. The highest BCUT2D eigenvalue weighted by Crippen LogP contribution is 2.39. The first-order chi connectivity index (χ1) is 11.9. The van der Waals surface area contributed by atoms with Gasteiger partial charge in [0.1, 0.15) is 11.7 Å². The predicted molar refractivity (Wildman–Crippen MR) is 97.1 cm³/mol.